The Morgan fingerprint density at radius 2 is 2.00 bits per heavy atom. The molecule has 1 saturated carbocycles. The van der Waals surface area contributed by atoms with Crippen molar-refractivity contribution < 1.29 is 14.3 Å². The van der Waals surface area contributed by atoms with Crippen molar-refractivity contribution in [2.24, 2.45) is 5.92 Å². The highest BCUT2D eigenvalue weighted by molar-refractivity contribution is 5.78. The van der Waals surface area contributed by atoms with Gasteiger partial charge in [0.15, 0.2) is 5.79 Å². The second-order valence-corrected chi connectivity index (χ2v) is 4.40. The molecule has 2 rings (SSSR count). The highest BCUT2D eigenvalue weighted by Crippen LogP contribution is 2.35. The summed E-state index contributed by atoms with van der Waals surface area (Å²) in [6, 6.07) is 0. The Morgan fingerprint density at radius 1 is 1.29 bits per heavy atom. The lowest BCUT2D eigenvalue weighted by atomic mass is 9.91. The maximum atomic E-state index is 11.5. The molecule has 0 aromatic heterocycles. The summed E-state index contributed by atoms with van der Waals surface area (Å²) in [5.74, 6) is 0.146. The van der Waals surface area contributed by atoms with E-state index in [1.165, 1.54) is 0 Å². The fourth-order valence-corrected chi connectivity index (χ4v) is 2.41. The van der Waals surface area contributed by atoms with Crippen molar-refractivity contribution in [1.29, 1.82) is 0 Å². The topological polar surface area (TPSA) is 35.5 Å². The van der Waals surface area contributed by atoms with Crippen LogP contribution in [0.5, 0.6) is 0 Å². The van der Waals surface area contributed by atoms with Gasteiger partial charge in [0.1, 0.15) is 5.78 Å². The maximum Gasteiger partial charge on any atom is 0.168 e. The molecule has 0 bridgehead atoms. The number of carbonyl (C=O) groups is 1. The van der Waals surface area contributed by atoms with E-state index < -0.39 is 5.79 Å². The van der Waals surface area contributed by atoms with Crippen molar-refractivity contribution in [3.8, 4) is 0 Å². The van der Waals surface area contributed by atoms with Crippen LogP contribution in [-0.4, -0.2) is 24.8 Å². The maximum absolute atomic E-state index is 11.5. The Kier molecular flexibility index (Phi) is 2.88. The number of hydrogen-bond acceptors (Lipinski definition) is 3. The number of hydrogen-bond donors (Lipinski definition) is 0. The van der Waals surface area contributed by atoms with E-state index in [0.717, 1.165) is 25.7 Å². The Hall–Kier alpha value is -0.410. The molecule has 3 nitrogen and oxygen atoms in total. The molecule has 0 aromatic rings. The minimum Gasteiger partial charge on any atom is -0.348 e. The molecule has 1 aliphatic heterocycles. The minimum atomic E-state index is -0.486. The summed E-state index contributed by atoms with van der Waals surface area (Å²) in [4.78, 5) is 11.5. The molecule has 2 fully saturated rings. The predicted octanol–water partition coefficient (Wildman–Crippen LogP) is 1.90. The highest BCUT2D eigenvalue weighted by Gasteiger charge is 2.40. The first-order valence-corrected chi connectivity index (χ1v) is 5.50. The molecule has 0 radical (unpaired) electrons. The van der Waals surface area contributed by atoms with E-state index in [2.05, 4.69) is 0 Å². The third-order valence-corrected chi connectivity index (χ3v) is 3.33. The molecule has 2 aliphatic rings. The largest absolute Gasteiger partial charge is 0.348 e. The van der Waals surface area contributed by atoms with Crippen molar-refractivity contribution >= 4 is 5.78 Å². The van der Waals surface area contributed by atoms with Crippen LogP contribution < -0.4 is 0 Å². The zero-order valence-corrected chi connectivity index (χ0v) is 8.75. The van der Waals surface area contributed by atoms with Crippen molar-refractivity contribution in [2.75, 3.05) is 13.2 Å². The molecule has 0 aromatic carbocycles. The van der Waals surface area contributed by atoms with Gasteiger partial charge in [0.2, 0.25) is 0 Å². The third-order valence-electron chi connectivity index (χ3n) is 3.33. The molecule has 1 heterocycles. The number of Topliss-reactive ketones (excluding diaryl/α,β-unsaturated/α-hetero) is 1. The number of carbonyl (C=O) groups excluding carboxylic acids is 1. The van der Waals surface area contributed by atoms with Crippen LogP contribution in [0.1, 0.15) is 39.0 Å². The number of ether oxygens (including phenoxy) is 2. The summed E-state index contributed by atoms with van der Waals surface area (Å²) in [7, 11) is 0. The highest BCUT2D eigenvalue weighted by atomic mass is 16.7. The van der Waals surface area contributed by atoms with Gasteiger partial charge in [-0.25, -0.2) is 0 Å². The van der Waals surface area contributed by atoms with E-state index in [9.17, 15) is 4.79 Å². The molecule has 0 spiro atoms. The summed E-state index contributed by atoms with van der Waals surface area (Å²) in [6.45, 7) is 3.31. The molecule has 80 valence electrons. The lowest BCUT2D eigenvalue weighted by Gasteiger charge is -2.30. The Morgan fingerprint density at radius 3 is 2.71 bits per heavy atom. The van der Waals surface area contributed by atoms with E-state index in [4.69, 9.17) is 9.47 Å². The van der Waals surface area contributed by atoms with E-state index in [1.807, 2.05) is 6.92 Å². The van der Waals surface area contributed by atoms with Gasteiger partial charge >= 0.3 is 0 Å². The quantitative estimate of drug-likeness (QED) is 0.604. The van der Waals surface area contributed by atoms with Crippen LogP contribution in [0.4, 0.5) is 0 Å². The molecule has 1 unspecified atom stereocenters. The molecular weight excluding hydrogens is 180 g/mol. The average Bonchev–Trinajstić information content (AvgIpc) is 2.47. The Bertz CT molecular complexity index is 219. The monoisotopic (exact) mass is 198 g/mol. The second-order valence-electron chi connectivity index (χ2n) is 4.40. The zero-order valence-electron chi connectivity index (χ0n) is 8.75. The van der Waals surface area contributed by atoms with Gasteiger partial charge in [-0.1, -0.05) is 6.42 Å². The van der Waals surface area contributed by atoms with Crippen molar-refractivity contribution in [3.05, 3.63) is 0 Å². The summed E-state index contributed by atoms with van der Waals surface area (Å²) < 4.78 is 11.2. The van der Waals surface area contributed by atoms with Gasteiger partial charge in [-0.15, -0.1) is 0 Å². The smallest absolute Gasteiger partial charge is 0.168 e. The van der Waals surface area contributed by atoms with Crippen LogP contribution in [0.15, 0.2) is 0 Å². The first-order chi connectivity index (χ1) is 6.71. The lowest BCUT2D eigenvalue weighted by molar-refractivity contribution is -0.184. The van der Waals surface area contributed by atoms with E-state index >= 15 is 0 Å². The van der Waals surface area contributed by atoms with E-state index in [0.29, 0.717) is 25.4 Å². The normalized spacial score (nSPS) is 32.9. The van der Waals surface area contributed by atoms with Gasteiger partial charge in [-0.3, -0.25) is 4.79 Å². The molecule has 14 heavy (non-hydrogen) atoms. The SMILES string of the molecule is CC1(C2CCCCC(=O)C2)OCCO1. The minimum absolute atomic E-state index is 0.264. The fourth-order valence-electron chi connectivity index (χ4n) is 2.41. The molecule has 3 heteroatoms. The van der Waals surface area contributed by atoms with Crippen LogP contribution in [0, 0.1) is 5.92 Å². The van der Waals surface area contributed by atoms with Crippen molar-refractivity contribution in [3.63, 3.8) is 0 Å². The Balaban J connectivity index is 2.03. The fraction of sp³-hybridized carbons (Fsp3) is 0.909. The predicted molar refractivity (Wildman–Crippen MR) is 51.9 cm³/mol. The summed E-state index contributed by atoms with van der Waals surface area (Å²) in [6.07, 6.45) is 4.59. The van der Waals surface area contributed by atoms with Crippen LogP contribution in [0.25, 0.3) is 0 Å². The molecule has 0 N–H and O–H groups in total. The van der Waals surface area contributed by atoms with Gasteiger partial charge < -0.3 is 9.47 Å². The summed E-state index contributed by atoms with van der Waals surface area (Å²) in [5, 5.41) is 0. The molecule has 0 amide bonds. The van der Waals surface area contributed by atoms with Crippen LogP contribution in [0.2, 0.25) is 0 Å². The van der Waals surface area contributed by atoms with Crippen molar-refractivity contribution in [2.45, 2.75) is 44.8 Å². The first kappa shape index (κ1) is 10.1. The van der Waals surface area contributed by atoms with Gasteiger partial charge in [0.05, 0.1) is 13.2 Å². The summed E-state index contributed by atoms with van der Waals surface area (Å²) >= 11 is 0. The molecule has 1 aliphatic carbocycles. The first-order valence-electron chi connectivity index (χ1n) is 5.50. The molecule has 1 atom stereocenters. The van der Waals surface area contributed by atoms with Gasteiger partial charge in [0, 0.05) is 18.8 Å². The Labute approximate surface area is 84.8 Å². The van der Waals surface area contributed by atoms with Gasteiger partial charge in [-0.2, -0.15) is 0 Å². The second kappa shape index (κ2) is 3.99. The molecule has 1 saturated heterocycles. The average molecular weight is 198 g/mol. The number of rotatable bonds is 1. The van der Waals surface area contributed by atoms with Crippen LogP contribution in [-0.2, 0) is 14.3 Å². The summed E-state index contributed by atoms with van der Waals surface area (Å²) in [5.41, 5.74) is 0. The third kappa shape index (κ3) is 1.98. The lowest BCUT2D eigenvalue weighted by Crippen LogP contribution is -2.36. The van der Waals surface area contributed by atoms with E-state index in [1.54, 1.807) is 0 Å². The van der Waals surface area contributed by atoms with Crippen LogP contribution in [0.3, 0.4) is 0 Å². The van der Waals surface area contributed by atoms with Gasteiger partial charge in [-0.05, 0) is 19.8 Å². The number of ketones is 1. The standard InChI is InChI=1S/C11H18O3/c1-11(13-6-7-14-11)9-4-2-3-5-10(12)8-9/h9H,2-8H2,1H3. The molecular formula is C11H18O3. The zero-order chi connectivity index (χ0) is 10.0. The van der Waals surface area contributed by atoms with Crippen LogP contribution >= 0.6 is 0 Å². The van der Waals surface area contributed by atoms with E-state index in [-0.39, 0.29) is 5.92 Å². The van der Waals surface area contributed by atoms with Crippen molar-refractivity contribution in [1.82, 2.24) is 0 Å². The van der Waals surface area contributed by atoms with Gasteiger partial charge in [0.25, 0.3) is 0 Å².